The van der Waals surface area contributed by atoms with Crippen LogP contribution in [0.1, 0.15) is 5.56 Å². The third-order valence-electron chi connectivity index (χ3n) is 2.01. The Morgan fingerprint density at radius 3 is 2.64 bits per heavy atom. The lowest BCUT2D eigenvalue weighted by molar-refractivity contribution is 0.390. The lowest BCUT2D eigenvalue weighted by atomic mass is 10.2. The number of nitrogens with zero attached hydrogens (tertiary/aromatic N) is 2. The minimum Gasteiger partial charge on any atom is -0.480 e. The van der Waals surface area contributed by atoms with Crippen LogP contribution in [0.5, 0.6) is 5.88 Å². The van der Waals surface area contributed by atoms with E-state index in [2.05, 4.69) is 17.2 Å². The van der Waals surface area contributed by atoms with E-state index in [1.54, 1.807) is 7.11 Å². The highest BCUT2D eigenvalue weighted by Gasteiger charge is 1.97. The fourth-order valence-corrected chi connectivity index (χ4v) is 1.31. The number of methoxy groups -OCH3 is 1. The van der Waals surface area contributed by atoms with Gasteiger partial charge >= 0.3 is 0 Å². The van der Waals surface area contributed by atoms with E-state index in [1.165, 1.54) is 5.56 Å². The molecule has 0 N–H and O–H groups in total. The van der Waals surface area contributed by atoms with Crippen molar-refractivity contribution < 1.29 is 4.74 Å². The first-order valence-corrected chi connectivity index (χ1v) is 4.50. The lowest BCUT2D eigenvalue weighted by Crippen LogP contribution is -2.00. The molecule has 0 saturated carbocycles. The van der Waals surface area contributed by atoms with E-state index in [1.807, 2.05) is 35.1 Å². The summed E-state index contributed by atoms with van der Waals surface area (Å²) >= 11 is 0. The van der Waals surface area contributed by atoms with Crippen molar-refractivity contribution in [3.05, 3.63) is 48.2 Å². The van der Waals surface area contributed by atoms with Crippen molar-refractivity contribution in [1.82, 2.24) is 9.78 Å². The second-order valence-electron chi connectivity index (χ2n) is 3.04. The summed E-state index contributed by atoms with van der Waals surface area (Å²) in [5.74, 6) is 0.654. The fourth-order valence-electron chi connectivity index (χ4n) is 1.31. The van der Waals surface area contributed by atoms with Gasteiger partial charge in [0, 0.05) is 12.3 Å². The number of ether oxygens (including phenoxy) is 1. The number of benzene rings is 1. The predicted molar refractivity (Wildman–Crippen MR) is 54.3 cm³/mol. The molecule has 0 amide bonds. The van der Waals surface area contributed by atoms with Gasteiger partial charge in [-0.25, -0.2) is 0 Å². The van der Waals surface area contributed by atoms with Gasteiger partial charge in [-0.3, -0.25) is 4.68 Å². The molecule has 2 rings (SSSR count). The van der Waals surface area contributed by atoms with E-state index in [-0.39, 0.29) is 0 Å². The Kier molecular flexibility index (Phi) is 2.49. The average Bonchev–Trinajstić information content (AvgIpc) is 2.67. The zero-order valence-electron chi connectivity index (χ0n) is 8.05. The summed E-state index contributed by atoms with van der Waals surface area (Å²) in [7, 11) is 1.62. The van der Waals surface area contributed by atoms with Crippen LogP contribution < -0.4 is 4.74 Å². The molecular weight excluding hydrogens is 176 g/mol. The van der Waals surface area contributed by atoms with Crippen LogP contribution in [0.25, 0.3) is 0 Å². The standard InChI is InChI=1S/C11H12N2O/c1-14-11-7-8-13(12-11)9-10-5-3-2-4-6-10/h2-8H,9H2,1H3. The van der Waals surface area contributed by atoms with Crippen molar-refractivity contribution in [3.63, 3.8) is 0 Å². The lowest BCUT2D eigenvalue weighted by Gasteiger charge is -2.00. The Morgan fingerprint density at radius 2 is 2.00 bits per heavy atom. The van der Waals surface area contributed by atoms with Crippen LogP contribution in [0.15, 0.2) is 42.6 Å². The van der Waals surface area contributed by atoms with Crippen LogP contribution in [-0.4, -0.2) is 16.9 Å². The smallest absolute Gasteiger partial charge is 0.232 e. The minimum atomic E-state index is 0.654. The van der Waals surface area contributed by atoms with E-state index in [9.17, 15) is 0 Å². The molecule has 0 atom stereocenters. The van der Waals surface area contributed by atoms with Gasteiger partial charge in [-0.15, -0.1) is 5.10 Å². The van der Waals surface area contributed by atoms with E-state index < -0.39 is 0 Å². The molecule has 0 aliphatic heterocycles. The third-order valence-corrected chi connectivity index (χ3v) is 2.01. The zero-order chi connectivity index (χ0) is 9.80. The Labute approximate surface area is 82.9 Å². The maximum atomic E-state index is 5.00. The number of aromatic nitrogens is 2. The first kappa shape index (κ1) is 8.81. The van der Waals surface area contributed by atoms with E-state index in [4.69, 9.17) is 4.74 Å². The van der Waals surface area contributed by atoms with E-state index in [0.717, 1.165) is 6.54 Å². The highest BCUT2D eigenvalue weighted by molar-refractivity contribution is 5.15. The molecule has 0 bridgehead atoms. The van der Waals surface area contributed by atoms with Crippen LogP contribution in [0.2, 0.25) is 0 Å². The maximum Gasteiger partial charge on any atom is 0.232 e. The van der Waals surface area contributed by atoms with Gasteiger partial charge in [0.2, 0.25) is 5.88 Å². The molecule has 1 aromatic heterocycles. The van der Waals surface area contributed by atoms with Gasteiger partial charge in [-0.1, -0.05) is 30.3 Å². The van der Waals surface area contributed by atoms with Crippen LogP contribution in [0, 0.1) is 0 Å². The largest absolute Gasteiger partial charge is 0.480 e. The summed E-state index contributed by atoms with van der Waals surface area (Å²) in [6, 6.07) is 12.1. The Balaban J connectivity index is 2.11. The normalized spacial score (nSPS) is 10.1. The molecule has 0 aliphatic rings. The number of hydrogen-bond donors (Lipinski definition) is 0. The first-order chi connectivity index (χ1) is 6.88. The molecule has 72 valence electrons. The molecule has 3 heteroatoms. The Morgan fingerprint density at radius 1 is 1.21 bits per heavy atom. The van der Waals surface area contributed by atoms with Gasteiger partial charge in [0.25, 0.3) is 0 Å². The summed E-state index contributed by atoms with van der Waals surface area (Å²) in [6.07, 6.45) is 1.91. The monoisotopic (exact) mass is 188 g/mol. The molecule has 0 fully saturated rings. The third kappa shape index (κ3) is 1.93. The van der Waals surface area contributed by atoms with Crippen LogP contribution in [0.3, 0.4) is 0 Å². The molecule has 1 aromatic carbocycles. The van der Waals surface area contributed by atoms with Gasteiger partial charge in [-0.05, 0) is 5.56 Å². The van der Waals surface area contributed by atoms with Crippen molar-refractivity contribution in [2.24, 2.45) is 0 Å². The number of hydrogen-bond acceptors (Lipinski definition) is 2. The molecule has 1 heterocycles. The second-order valence-corrected chi connectivity index (χ2v) is 3.04. The molecule has 0 aliphatic carbocycles. The van der Waals surface area contributed by atoms with Crippen molar-refractivity contribution in [2.45, 2.75) is 6.54 Å². The highest BCUT2D eigenvalue weighted by atomic mass is 16.5. The van der Waals surface area contributed by atoms with Gasteiger partial charge in [0.05, 0.1) is 13.7 Å². The van der Waals surface area contributed by atoms with Crippen LogP contribution in [-0.2, 0) is 6.54 Å². The average molecular weight is 188 g/mol. The molecule has 2 aromatic rings. The SMILES string of the molecule is COc1ccn(Cc2ccccc2)n1. The van der Waals surface area contributed by atoms with E-state index in [0.29, 0.717) is 5.88 Å². The maximum absolute atomic E-state index is 5.00. The van der Waals surface area contributed by atoms with Crippen molar-refractivity contribution >= 4 is 0 Å². The predicted octanol–water partition coefficient (Wildman–Crippen LogP) is 1.94. The Bertz CT molecular complexity index is 395. The Hall–Kier alpha value is -1.77. The summed E-state index contributed by atoms with van der Waals surface area (Å²) in [6.45, 7) is 0.782. The quantitative estimate of drug-likeness (QED) is 0.736. The minimum absolute atomic E-state index is 0.654. The number of rotatable bonds is 3. The molecule has 0 radical (unpaired) electrons. The molecule has 0 saturated heterocycles. The highest BCUT2D eigenvalue weighted by Crippen LogP contribution is 2.07. The molecule has 14 heavy (non-hydrogen) atoms. The summed E-state index contributed by atoms with van der Waals surface area (Å²) in [5, 5.41) is 4.22. The van der Waals surface area contributed by atoms with Crippen LogP contribution in [0.4, 0.5) is 0 Å². The van der Waals surface area contributed by atoms with Gasteiger partial charge in [0.15, 0.2) is 0 Å². The molecular formula is C11H12N2O. The van der Waals surface area contributed by atoms with Crippen molar-refractivity contribution in [1.29, 1.82) is 0 Å². The van der Waals surface area contributed by atoms with Crippen LogP contribution >= 0.6 is 0 Å². The second kappa shape index (κ2) is 3.96. The van der Waals surface area contributed by atoms with Gasteiger partial charge in [-0.2, -0.15) is 0 Å². The topological polar surface area (TPSA) is 27.1 Å². The summed E-state index contributed by atoms with van der Waals surface area (Å²) < 4.78 is 6.86. The van der Waals surface area contributed by atoms with Crippen molar-refractivity contribution in [2.75, 3.05) is 7.11 Å². The molecule has 3 nitrogen and oxygen atoms in total. The summed E-state index contributed by atoms with van der Waals surface area (Å²) in [5.41, 5.74) is 1.23. The summed E-state index contributed by atoms with van der Waals surface area (Å²) in [4.78, 5) is 0. The fraction of sp³-hybridized carbons (Fsp3) is 0.182. The van der Waals surface area contributed by atoms with Gasteiger partial charge in [0.1, 0.15) is 0 Å². The zero-order valence-corrected chi connectivity index (χ0v) is 8.05. The van der Waals surface area contributed by atoms with Gasteiger partial charge < -0.3 is 4.74 Å². The first-order valence-electron chi connectivity index (χ1n) is 4.50. The van der Waals surface area contributed by atoms with Crippen molar-refractivity contribution in [3.8, 4) is 5.88 Å². The molecule has 0 unspecified atom stereocenters. The van der Waals surface area contributed by atoms with E-state index >= 15 is 0 Å². The molecule has 0 spiro atoms.